The lowest BCUT2D eigenvalue weighted by Gasteiger charge is -2.36. The number of nitrogens with zero attached hydrogens (tertiary/aromatic N) is 1. The first kappa shape index (κ1) is 19.2. The van der Waals surface area contributed by atoms with Crippen molar-refractivity contribution in [2.75, 3.05) is 33.0 Å². The van der Waals surface area contributed by atoms with Gasteiger partial charge in [0.05, 0.1) is 0 Å². The van der Waals surface area contributed by atoms with Gasteiger partial charge in [-0.1, -0.05) is 0 Å². The largest absolute Gasteiger partial charge is 0.444 e. The van der Waals surface area contributed by atoms with Crippen LogP contribution in [0, 0.1) is 0 Å². The summed E-state index contributed by atoms with van der Waals surface area (Å²) in [6.07, 6.45) is 0.611. The fraction of sp³-hybridized carbons (Fsp3) is 0.923. The molecule has 0 aliphatic carbocycles. The van der Waals surface area contributed by atoms with E-state index in [2.05, 4.69) is 9.50 Å². The number of nitrogens with one attached hydrogen (secondary N) is 1. The zero-order valence-electron chi connectivity index (χ0n) is 13.6. The van der Waals surface area contributed by atoms with Crippen LogP contribution in [0.5, 0.6) is 0 Å². The molecule has 0 aromatic heterocycles. The van der Waals surface area contributed by atoms with E-state index in [1.54, 1.807) is 20.8 Å². The van der Waals surface area contributed by atoms with E-state index >= 15 is 0 Å². The molecule has 1 rings (SSSR count). The van der Waals surface area contributed by atoms with E-state index in [9.17, 15) is 17.8 Å². The molecule has 9 heteroatoms. The van der Waals surface area contributed by atoms with Gasteiger partial charge in [0.2, 0.25) is 0 Å². The lowest BCUT2D eigenvalue weighted by Crippen LogP contribution is -2.61. The molecule has 1 amide bonds. The molecular weight excluding hydrogens is 318 g/mol. The summed E-state index contributed by atoms with van der Waals surface area (Å²) in [5.74, 6) is -3.27. The summed E-state index contributed by atoms with van der Waals surface area (Å²) in [6.45, 7) is 4.12. The monoisotopic (exact) mass is 342 g/mol. The first-order valence-corrected chi connectivity index (χ1v) is 8.42. The number of hydrogen-bond acceptors (Lipinski definition) is 5. The number of likely N-dealkylation sites (tertiary alicyclic amines) is 1. The van der Waals surface area contributed by atoms with Gasteiger partial charge in [-0.25, -0.2) is 17.8 Å². The van der Waals surface area contributed by atoms with E-state index in [1.807, 2.05) is 0 Å². The van der Waals surface area contributed by atoms with Crippen LogP contribution in [-0.4, -0.2) is 65.3 Å². The second-order valence-corrected chi connectivity index (χ2v) is 7.39. The van der Waals surface area contributed by atoms with Gasteiger partial charge in [0, 0.05) is 19.3 Å². The maximum absolute atomic E-state index is 14.4. The van der Waals surface area contributed by atoms with Crippen molar-refractivity contribution in [3.63, 3.8) is 0 Å². The van der Waals surface area contributed by atoms with Crippen LogP contribution >= 0.6 is 0 Å². The van der Waals surface area contributed by atoms with Crippen molar-refractivity contribution in [1.29, 1.82) is 0 Å². The number of carbonyl (C=O) groups excluding carboxylic acids is 1. The topological polar surface area (TPSA) is 67.9 Å². The van der Waals surface area contributed by atoms with Crippen molar-refractivity contribution in [2.45, 2.75) is 44.3 Å². The predicted octanol–water partition coefficient (Wildman–Crippen LogP) is 1.53. The van der Waals surface area contributed by atoms with E-state index in [0.29, 0.717) is 0 Å². The molecule has 6 nitrogen and oxygen atoms in total. The van der Waals surface area contributed by atoms with Crippen molar-refractivity contribution in [2.24, 2.45) is 0 Å². The molecule has 0 bridgehead atoms. The second kappa shape index (κ2) is 6.76. The van der Waals surface area contributed by atoms with Crippen LogP contribution in [0.2, 0.25) is 0 Å². The van der Waals surface area contributed by atoms with Gasteiger partial charge in [-0.2, -0.15) is 0 Å². The standard InChI is InChI=1S/C13H24F2N2O4S/c1-11(2,3)21-10(18)17-7-6-12(8-17,16-4)13(14,15)9-20-22(5)19/h16H,6-9H2,1-5H3. The van der Waals surface area contributed by atoms with Crippen LogP contribution in [0.15, 0.2) is 0 Å². The van der Waals surface area contributed by atoms with Gasteiger partial charge in [0.15, 0.2) is 11.1 Å². The number of likely N-dealkylation sites (N-methyl/N-ethyl adjacent to an activating group) is 1. The molecule has 2 unspecified atom stereocenters. The van der Waals surface area contributed by atoms with Gasteiger partial charge in [-0.3, -0.25) is 4.18 Å². The summed E-state index contributed by atoms with van der Waals surface area (Å²) >= 11 is -1.78. The van der Waals surface area contributed by atoms with E-state index in [-0.39, 0.29) is 19.5 Å². The fourth-order valence-electron chi connectivity index (χ4n) is 2.27. The maximum atomic E-state index is 14.4. The zero-order valence-corrected chi connectivity index (χ0v) is 14.4. The SMILES string of the molecule is CNC1(C(F)(F)COS(C)=O)CCN(C(=O)OC(C)(C)C)C1. The zero-order chi connectivity index (χ0) is 17.2. The first-order valence-electron chi connectivity index (χ1n) is 6.94. The Morgan fingerprint density at radius 3 is 2.45 bits per heavy atom. The molecule has 22 heavy (non-hydrogen) atoms. The molecule has 1 N–H and O–H groups in total. The number of halogens is 2. The van der Waals surface area contributed by atoms with Gasteiger partial charge in [0.1, 0.15) is 17.7 Å². The van der Waals surface area contributed by atoms with Crippen molar-refractivity contribution in [1.82, 2.24) is 10.2 Å². The summed E-state index contributed by atoms with van der Waals surface area (Å²) < 4.78 is 49.5. The van der Waals surface area contributed by atoms with Crippen LogP contribution < -0.4 is 5.32 Å². The summed E-state index contributed by atoms with van der Waals surface area (Å²) in [7, 11) is 1.41. The Morgan fingerprint density at radius 2 is 2.00 bits per heavy atom. The highest BCUT2D eigenvalue weighted by Gasteiger charge is 2.57. The molecule has 1 fully saturated rings. The maximum Gasteiger partial charge on any atom is 0.410 e. The van der Waals surface area contributed by atoms with Crippen molar-refractivity contribution in [3.8, 4) is 0 Å². The third-order valence-electron chi connectivity index (χ3n) is 3.51. The number of amides is 1. The van der Waals surface area contributed by atoms with Crippen LogP contribution in [0.4, 0.5) is 13.6 Å². The number of alkyl halides is 2. The van der Waals surface area contributed by atoms with E-state index in [0.717, 1.165) is 0 Å². The molecule has 1 saturated heterocycles. The molecule has 0 aromatic carbocycles. The van der Waals surface area contributed by atoms with Gasteiger partial charge >= 0.3 is 6.09 Å². The van der Waals surface area contributed by atoms with Gasteiger partial charge in [-0.15, -0.1) is 0 Å². The highest BCUT2D eigenvalue weighted by molar-refractivity contribution is 7.79. The van der Waals surface area contributed by atoms with Gasteiger partial charge in [-0.05, 0) is 34.2 Å². The van der Waals surface area contributed by atoms with Crippen molar-refractivity contribution in [3.05, 3.63) is 0 Å². The Morgan fingerprint density at radius 1 is 1.41 bits per heavy atom. The van der Waals surface area contributed by atoms with Crippen LogP contribution in [0.3, 0.4) is 0 Å². The lowest BCUT2D eigenvalue weighted by molar-refractivity contribution is -0.109. The minimum absolute atomic E-state index is 0.0510. The highest BCUT2D eigenvalue weighted by Crippen LogP contribution is 2.37. The minimum Gasteiger partial charge on any atom is -0.444 e. The van der Waals surface area contributed by atoms with Crippen molar-refractivity contribution < 1.29 is 26.7 Å². The summed E-state index contributed by atoms with van der Waals surface area (Å²) in [5.41, 5.74) is -2.31. The molecule has 2 atom stereocenters. The summed E-state index contributed by atoms with van der Waals surface area (Å²) in [4.78, 5) is 13.3. The third kappa shape index (κ3) is 4.60. The van der Waals surface area contributed by atoms with Crippen LogP contribution in [0.1, 0.15) is 27.2 Å². The van der Waals surface area contributed by atoms with E-state index < -0.39 is 40.8 Å². The predicted molar refractivity (Wildman–Crippen MR) is 79.2 cm³/mol. The average molecular weight is 342 g/mol. The smallest absolute Gasteiger partial charge is 0.410 e. The highest BCUT2D eigenvalue weighted by atomic mass is 32.2. The Balaban J connectivity index is 2.81. The molecule has 1 heterocycles. The molecule has 0 spiro atoms. The van der Waals surface area contributed by atoms with Crippen LogP contribution in [-0.2, 0) is 20.0 Å². The molecule has 0 saturated carbocycles. The number of carbonyl (C=O) groups is 1. The number of ether oxygens (including phenoxy) is 1. The molecule has 1 aliphatic rings. The quantitative estimate of drug-likeness (QED) is 0.821. The normalized spacial score (nSPS) is 24.4. The van der Waals surface area contributed by atoms with Crippen molar-refractivity contribution >= 4 is 17.2 Å². The van der Waals surface area contributed by atoms with Gasteiger partial charge in [0.25, 0.3) is 5.92 Å². The molecule has 130 valence electrons. The number of hydrogen-bond donors (Lipinski definition) is 1. The molecule has 0 aromatic rings. The van der Waals surface area contributed by atoms with E-state index in [1.165, 1.54) is 18.2 Å². The summed E-state index contributed by atoms with van der Waals surface area (Å²) in [5, 5.41) is 2.61. The lowest BCUT2D eigenvalue weighted by atomic mass is 9.91. The molecular formula is C13H24F2N2O4S. The average Bonchev–Trinajstić information content (AvgIpc) is 2.81. The Hall–Kier alpha value is -0.800. The fourth-order valence-corrected chi connectivity index (χ4v) is 2.59. The van der Waals surface area contributed by atoms with E-state index in [4.69, 9.17) is 4.74 Å². The Labute approximate surface area is 132 Å². The first-order chi connectivity index (χ1) is 9.92. The Kier molecular flexibility index (Phi) is 5.91. The molecule has 1 aliphatic heterocycles. The number of rotatable bonds is 5. The summed E-state index contributed by atoms with van der Waals surface area (Å²) in [6, 6.07) is 0. The molecule has 0 radical (unpaired) electrons. The van der Waals surface area contributed by atoms with Gasteiger partial charge < -0.3 is 15.0 Å². The Bertz CT molecular complexity index is 442. The second-order valence-electron chi connectivity index (χ2n) is 6.35. The minimum atomic E-state index is -3.27. The third-order valence-corrected chi connectivity index (χ3v) is 3.96. The van der Waals surface area contributed by atoms with Crippen LogP contribution in [0.25, 0.3) is 0 Å².